The Morgan fingerprint density at radius 1 is 1.38 bits per heavy atom. The molecular weight excluding hydrogens is 268 g/mol. The van der Waals surface area contributed by atoms with E-state index < -0.39 is 6.10 Å². The second-order valence-electron chi connectivity index (χ2n) is 5.17. The van der Waals surface area contributed by atoms with Gasteiger partial charge in [-0.15, -0.1) is 0 Å². The third-order valence-electron chi connectivity index (χ3n) is 3.20. The highest BCUT2D eigenvalue weighted by Crippen LogP contribution is 2.21. The first-order valence-corrected chi connectivity index (χ1v) is 6.93. The molecule has 0 saturated carbocycles. The van der Waals surface area contributed by atoms with Crippen molar-refractivity contribution in [2.45, 2.75) is 26.5 Å². The van der Waals surface area contributed by atoms with Crippen LogP contribution in [0.4, 0.5) is 5.95 Å². The van der Waals surface area contributed by atoms with Gasteiger partial charge in [-0.2, -0.15) is 0 Å². The maximum Gasteiger partial charge on any atom is 0.204 e. The van der Waals surface area contributed by atoms with Gasteiger partial charge in [0.05, 0.1) is 29.4 Å². The van der Waals surface area contributed by atoms with Crippen LogP contribution in [0.1, 0.15) is 18.4 Å². The second kappa shape index (κ2) is 5.57. The quantitative estimate of drug-likeness (QED) is 0.751. The molecule has 1 atom stereocenters. The van der Waals surface area contributed by atoms with Crippen molar-refractivity contribution in [2.24, 2.45) is 0 Å². The highest BCUT2D eigenvalue weighted by Gasteiger charge is 2.13. The number of rotatable bonds is 5. The summed E-state index contributed by atoms with van der Waals surface area (Å²) in [5, 5.41) is 16.5. The van der Waals surface area contributed by atoms with Gasteiger partial charge in [0.1, 0.15) is 0 Å². The normalized spacial score (nSPS) is 12.7. The summed E-state index contributed by atoms with van der Waals surface area (Å²) >= 11 is 0. The number of fused-ring (bicyclic) bond motifs is 1. The molecular formula is C15H18N4O2. The first kappa shape index (κ1) is 13.6. The van der Waals surface area contributed by atoms with Crippen LogP contribution in [0.25, 0.3) is 11.0 Å². The summed E-state index contributed by atoms with van der Waals surface area (Å²) in [5.74, 6) is 1.49. The summed E-state index contributed by atoms with van der Waals surface area (Å²) in [7, 11) is 0. The smallest absolute Gasteiger partial charge is 0.204 e. The number of aromatic nitrogens is 3. The van der Waals surface area contributed by atoms with E-state index >= 15 is 0 Å². The summed E-state index contributed by atoms with van der Waals surface area (Å²) in [6.45, 7) is 4.62. The van der Waals surface area contributed by atoms with Crippen LogP contribution < -0.4 is 5.32 Å². The molecule has 0 spiro atoms. The zero-order chi connectivity index (χ0) is 14.8. The van der Waals surface area contributed by atoms with Crippen molar-refractivity contribution < 1.29 is 9.63 Å². The van der Waals surface area contributed by atoms with Gasteiger partial charge in [-0.25, -0.2) is 4.98 Å². The Bertz CT molecular complexity index is 745. The van der Waals surface area contributed by atoms with E-state index in [9.17, 15) is 5.11 Å². The van der Waals surface area contributed by atoms with Crippen molar-refractivity contribution in [3.63, 3.8) is 0 Å². The highest BCUT2D eigenvalue weighted by molar-refractivity contribution is 5.78. The maximum atomic E-state index is 9.44. The lowest BCUT2D eigenvalue weighted by atomic mass is 10.3. The molecule has 2 heterocycles. The summed E-state index contributed by atoms with van der Waals surface area (Å²) < 4.78 is 7.32. The average molecular weight is 286 g/mol. The molecule has 110 valence electrons. The van der Waals surface area contributed by atoms with E-state index in [2.05, 4.69) is 15.5 Å². The van der Waals surface area contributed by atoms with Crippen molar-refractivity contribution in [2.75, 3.05) is 11.9 Å². The van der Waals surface area contributed by atoms with Gasteiger partial charge in [0, 0.05) is 12.6 Å². The number of benzene rings is 1. The maximum absolute atomic E-state index is 9.44. The summed E-state index contributed by atoms with van der Waals surface area (Å²) in [5.41, 5.74) is 2.77. The lowest BCUT2D eigenvalue weighted by Gasteiger charge is -2.10. The number of anilines is 1. The molecule has 0 saturated heterocycles. The number of nitrogens with zero attached hydrogens (tertiary/aromatic N) is 3. The third-order valence-corrected chi connectivity index (χ3v) is 3.20. The molecule has 0 fully saturated rings. The van der Waals surface area contributed by atoms with Crippen molar-refractivity contribution in [3.05, 3.63) is 41.8 Å². The molecule has 3 aromatic rings. The minimum Gasteiger partial charge on any atom is -0.392 e. The van der Waals surface area contributed by atoms with Crippen LogP contribution in [0.15, 0.2) is 34.9 Å². The Balaban J connectivity index is 1.98. The van der Waals surface area contributed by atoms with Crippen LogP contribution in [0, 0.1) is 6.92 Å². The fourth-order valence-electron chi connectivity index (χ4n) is 2.26. The molecule has 0 radical (unpaired) electrons. The molecule has 0 aliphatic rings. The van der Waals surface area contributed by atoms with E-state index in [1.165, 1.54) is 0 Å². The Labute approximate surface area is 122 Å². The highest BCUT2D eigenvalue weighted by atomic mass is 16.5. The fourth-order valence-corrected chi connectivity index (χ4v) is 2.26. The molecule has 1 aromatic carbocycles. The molecule has 3 rings (SSSR count). The summed E-state index contributed by atoms with van der Waals surface area (Å²) in [6, 6.07) is 9.82. The minimum atomic E-state index is -0.439. The number of para-hydroxylation sites is 2. The number of aryl methyl sites for hydroxylation is 1. The van der Waals surface area contributed by atoms with Crippen LogP contribution in [-0.4, -0.2) is 32.5 Å². The van der Waals surface area contributed by atoms with Crippen molar-refractivity contribution in [1.82, 2.24) is 14.7 Å². The Hall–Kier alpha value is -2.34. The number of nitrogens with one attached hydrogen (secondary N) is 1. The van der Waals surface area contributed by atoms with Gasteiger partial charge >= 0.3 is 0 Å². The van der Waals surface area contributed by atoms with Gasteiger partial charge in [-0.3, -0.25) is 0 Å². The Morgan fingerprint density at radius 2 is 2.19 bits per heavy atom. The lowest BCUT2D eigenvalue weighted by Crippen LogP contribution is -2.18. The zero-order valence-electron chi connectivity index (χ0n) is 12.1. The van der Waals surface area contributed by atoms with E-state index in [-0.39, 0.29) is 0 Å². The largest absolute Gasteiger partial charge is 0.392 e. The predicted molar refractivity (Wildman–Crippen MR) is 80.2 cm³/mol. The van der Waals surface area contributed by atoms with Crippen LogP contribution in [0.2, 0.25) is 0 Å². The first-order valence-electron chi connectivity index (χ1n) is 6.93. The van der Waals surface area contributed by atoms with Gasteiger partial charge in [-0.05, 0) is 26.0 Å². The van der Waals surface area contributed by atoms with E-state index in [0.29, 0.717) is 19.0 Å². The molecule has 0 aliphatic heterocycles. The molecule has 2 N–H and O–H groups in total. The Kier molecular flexibility index (Phi) is 3.62. The SMILES string of the molecule is Cc1cc(Cn2c(NC[C@H](C)O)nc3ccccc32)on1. The molecule has 6 nitrogen and oxygen atoms in total. The van der Waals surface area contributed by atoms with Crippen molar-refractivity contribution in [3.8, 4) is 0 Å². The molecule has 0 bridgehead atoms. The van der Waals surface area contributed by atoms with E-state index in [4.69, 9.17) is 4.52 Å². The molecule has 2 aromatic heterocycles. The fraction of sp³-hybridized carbons (Fsp3) is 0.333. The zero-order valence-corrected chi connectivity index (χ0v) is 12.1. The molecule has 21 heavy (non-hydrogen) atoms. The van der Waals surface area contributed by atoms with Gasteiger partial charge < -0.3 is 19.5 Å². The number of aliphatic hydroxyl groups excluding tert-OH is 1. The van der Waals surface area contributed by atoms with Gasteiger partial charge in [0.15, 0.2) is 5.76 Å². The van der Waals surface area contributed by atoms with E-state index in [1.807, 2.05) is 41.8 Å². The van der Waals surface area contributed by atoms with Crippen molar-refractivity contribution in [1.29, 1.82) is 0 Å². The Morgan fingerprint density at radius 3 is 2.90 bits per heavy atom. The number of aliphatic hydroxyl groups is 1. The topological polar surface area (TPSA) is 76.1 Å². The monoisotopic (exact) mass is 286 g/mol. The second-order valence-corrected chi connectivity index (χ2v) is 5.17. The van der Waals surface area contributed by atoms with E-state index in [1.54, 1.807) is 6.92 Å². The molecule has 6 heteroatoms. The third kappa shape index (κ3) is 2.90. The van der Waals surface area contributed by atoms with Gasteiger partial charge in [0.25, 0.3) is 0 Å². The van der Waals surface area contributed by atoms with Crippen LogP contribution >= 0.6 is 0 Å². The van der Waals surface area contributed by atoms with Crippen LogP contribution in [0.3, 0.4) is 0 Å². The van der Waals surface area contributed by atoms with Gasteiger partial charge in [0.2, 0.25) is 5.95 Å². The number of hydrogen-bond donors (Lipinski definition) is 2. The van der Waals surface area contributed by atoms with Gasteiger partial charge in [-0.1, -0.05) is 17.3 Å². The standard InChI is InChI=1S/C15H18N4O2/c1-10-7-12(21-18-10)9-19-14-6-4-3-5-13(14)17-15(19)16-8-11(2)20/h3-7,11,20H,8-9H2,1-2H3,(H,16,17)/t11-/m0/s1. The minimum absolute atomic E-state index is 0.439. The average Bonchev–Trinajstić information content (AvgIpc) is 3.01. The number of imidazole rings is 1. The number of hydrogen-bond acceptors (Lipinski definition) is 5. The van der Waals surface area contributed by atoms with Crippen molar-refractivity contribution >= 4 is 17.0 Å². The van der Waals surface area contributed by atoms with Crippen LogP contribution in [0.5, 0.6) is 0 Å². The molecule has 0 unspecified atom stereocenters. The van der Waals surface area contributed by atoms with Crippen LogP contribution in [-0.2, 0) is 6.54 Å². The predicted octanol–water partition coefficient (Wildman–Crippen LogP) is 2.17. The lowest BCUT2D eigenvalue weighted by molar-refractivity contribution is 0.208. The summed E-state index contributed by atoms with van der Waals surface area (Å²) in [6.07, 6.45) is -0.439. The molecule has 0 amide bonds. The summed E-state index contributed by atoms with van der Waals surface area (Å²) in [4.78, 5) is 4.57. The first-order chi connectivity index (χ1) is 10.1. The molecule has 0 aliphatic carbocycles. The van der Waals surface area contributed by atoms with E-state index in [0.717, 1.165) is 22.5 Å².